The minimum absolute atomic E-state index is 0.107. The summed E-state index contributed by atoms with van der Waals surface area (Å²) in [5.41, 5.74) is 0.201. The molecular weight excluding hydrogens is 328 g/mol. The van der Waals surface area contributed by atoms with Gasteiger partial charge in [0.1, 0.15) is 0 Å². The third-order valence-electron chi connectivity index (χ3n) is 3.43. The number of hydrogen-bond acceptors (Lipinski definition) is 4. The topological polar surface area (TPSA) is 105 Å². The van der Waals surface area contributed by atoms with Crippen LogP contribution in [0.4, 0.5) is 10.5 Å². The van der Waals surface area contributed by atoms with Crippen molar-refractivity contribution in [1.82, 2.24) is 10.2 Å². The number of likely N-dealkylation sites (tertiary alicyclic amines) is 1. The molecule has 1 aromatic carbocycles. The number of anilines is 1. The van der Waals surface area contributed by atoms with Gasteiger partial charge in [0.2, 0.25) is 10.0 Å². The number of carbonyl (C=O) groups is 1. The Kier molecular flexibility index (Phi) is 5.63. The normalized spacial score (nSPS) is 15.7. The summed E-state index contributed by atoms with van der Waals surface area (Å²) >= 11 is 5.94. The number of nitrogens with zero attached hydrogens (tertiary/aromatic N) is 1. The molecule has 22 heavy (non-hydrogen) atoms. The Bertz CT molecular complexity index is 645. The molecule has 0 aromatic heterocycles. The molecule has 2 amide bonds. The number of urea groups is 1. The quantitative estimate of drug-likeness (QED) is 0.745. The Morgan fingerprint density at radius 1 is 1.32 bits per heavy atom. The van der Waals surface area contributed by atoms with Crippen molar-refractivity contribution in [1.29, 1.82) is 0 Å². The van der Waals surface area contributed by atoms with Gasteiger partial charge in [0.05, 0.1) is 15.6 Å². The number of benzene rings is 1. The van der Waals surface area contributed by atoms with Crippen molar-refractivity contribution in [3.63, 3.8) is 0 Å². The monoisotopic (exact) mass is 346 g/mol. The molecular formula is C13H19ClN4O3S. The van der Waals surface area contributed by atoms with E-state index < -0.39 is 16.1 Å². The van der Waals surface area contributed by atoms with Gasteiger partial charge in [0.25, 0.3) is 0 Å². The van der Waals surface area contributed by atoms with E-state index in [1.165, 1.54) is 31.0 Å². The zero-order chi connectivity index (χ0) is 16.2. The first-order valence-corrected chi connectivity index (χ1v) is 8.88. The van der Waals surface area contributed by atoms with Crippen LogP contribution in [0.25, 0.3) is 0 Å². The van der Waals surface area contributed by atoms with E-state index >= 15 is 0 Å². The fourth-order valence-electron chi connectivity index (χ4n) is 2.28. The van der Waals surface area contributed by atoms with Crippen LogP contribution in [0.1, 0.15) is 12.8 Å². The number of carbonyl (C=O) groups excluding carboxylic acids is 1. The van der Waals surface area contributed by atoms with Crippen LogP contribution in [0.15, 0.2) is 23.1 Å². The average Bonchev–Trinajstić information content (AvgIpc) is 2.93. The van der Waals surface area contributed by atoms with Crippen LogP contribution in [0, 0.1) is 0 Å². The number of primary sulfonamides is 1. The minimum atomic E-state index is -3.84. The lowest BCUT2D eigenvalue weighted by molar-refractivity contribution is 0.249. The van der Waals surface area contributed by atoms with Gasteiger partial charge < -0.3 is 15.5 Å². The molecule has 0 spiro atoms. The molecule has 2 rings (SSSR count). The van der Waals surface area contributed by atoms with E-state index in [1.807, 2.05) is 0 Å². The molecule has 9 heteroatoms. The van der Waals surface area contributed by atoms with E-state index in [0.29, 0.717) is 6.54 Å². The van der Waals surface area contributed by atoms with Gasteiger partial charge in [0.15, 0.2) is 0 Å². The van der Waals surface area contributed by atoms with E-state index in [9.17, 15) is 13.2 Å². The van der Waals surface area contributed by atoms with Crippen molar-refractivity contribution in [2.24, 2.45) is 5.14 Å². The van der Waals surface area contributed by atoms with Crippen LogP contribution in [0.2, 0.25) is 5.02 Å². The summed E-state index contributed by atoms with van der Waals surface area (Å²) in [7, 11) is -3.84. The van der Waals surface area contributed by atoms with Gasteiger partial charge in [-0.25, -0.2) is 18.4 Å². The van der Waals surface area contributed by atoms with Crippen LogP contribution in [0.5, 0.6) is 0 Å². The number of halogens is 1. The number of rotatable bonds is 5. The maximum atomic E-state index is 11.8. The number of hydrogen-bond donors (Lipinski definition) is 3. The third-order valence-corrected chi connectivity index (χ3v) is 4.67. The summed E-state index contributed by atoms with van der Waals surface area (Å²) in [6, 6.07) is 3.46. The highest BCUT2D eigenvalue weighted by Gasteiger charge is 2.14. The van der Waals surface area contributed by atoms with E-state index in [2.05, 4.69) is 15.5 Å². The number of amides is 2. The minimum Gasteiger partial charge on any atom is -0.337 e. The summed E-state index contributed by atoms with van der Waals surface area (Å²) in [4.78, 5) is 14.0. The molecule has 0 bridgehead atoms. The molecule has 0 aliphatic carbocycles. The number of sulfonamides is 1. The van der Waals surface area contributed by atoms with Crippen molar-refractivity contribution in [2.45, 2.75) is 17.7 Å². The molecule has 4 N–H and O–H groups in total. The van der Waals surface area contributed by atoms with Gasteiger partial charge in [-0.3, -0.25) is 0 Å². The fourth-order valence-corrected chi connectivity index (χ4v) is 2.98. The second kappa shape index (κ2) is 7.28. The lowest BCUT2D eigenvalue weighted by atomic mass is 10.3. The van der Waals surface area contributed by atoms with Gasteiger partial charge in [-0.2, -0.15) is 0 Å². The predicted molar refractivity (Wildman–Crippen MR) is 85.5 cm³/mol. The molecule has 1 saturated heterocycles. The molecule has 0 radical (unpaired) electrons. The maximum absolute atomic E-state index is 11.8. The van der Waals surface area contributed by atoms with Crippen LogP contribution >= 0.6 is 11.6 Å². The van der Waals surface area contributed by atoms with Crippen LogP contribution in [-0.2, 0) is 10.0 Å². The molecule has 1 fully saturated rings. The van der Waals surface area contributed by atoms with Crippen molar-refractivity contribution < 1.29 is 13.2 Å². The van der Waals surface area contributed by atoms with Gasteiger partial charge in [0, 0.05) is 13.1 Å². The first-order chi connectivity index (χ1) is 10.4. The van der Waals surface area contributed by atoms with Crippen LogP contribution in [-0.4, -0.2) is 45.5 Å². The second-order valence-electron chi connectivity index (χ2n) is 5.12. The molecule has 1 heterocycles. The highest BCUT2D eigenvalue weighted by Crippen LogP contribution is 2.24. The molecule has 122 valence electrons. The summed E-state index contributed by atoms with van der Waals surface area (Å²) < 4.78 is 22.6. The Balaban J connectivity index is 1.90. The first kappa shape index (κ1) is 17.0. The highest BCUT2D eigenvalue weighted by molar-refractivity contribution is 7.89. The van der Waals surface area contributed by atoms with Gasteiger partial charge in [-0.1, -0.05) is 11.6 Å². The Hall–Kier alpha value is -1.35. The SMILES string of the molecule is NS(=O)(=O)c1ccc(Cl)c(NC(=O)NCCN2CCCC2)c1. The van der Waals surface area contributed by atoms with Crippen LogP contribution < -0.4 is 15.8 Å². The third kappa shape index (κ3) is 4.84. The van der Waals surface area contributed by atoms with Gasteiger partial charge in [-0.05, 0) is 44.1 Å². The number of nitrogens with two attached hydrogens (primary N) is 1. The summed E-state index contributed by atoms with van der Waals surface area (Å²) in [5, 5.41) is 10.5. The zero-order valence-electron chi connectivity index (χ0n) is 12.0. The van der Waals surface area contributed by atoms with Gasteiger partial charge >= 0.3 is 6.03 Å². The van der Waals surface area contributed by atoms with Crippen LogP contribution in [0.3, 0.4) is 0 Å². The van der Waals surface area contributed by atoms with Crippen molar-refractivity contribution in [3.05, 3.63) is 23.2 Å². The summed E-state index contributed by atoms with van der Waals surface area (Å²) in [5.74, 6) is 0. The van der Waals surface area contributed by atoms with E-state index in [4.69, 9.17) is 16.7 Å². The summed E-state index contributed by atoms with van der Waals surface area (Å²) in [6.45, 7) is 3.42. The Labute approximate surface area is 134 Å². The molecule has 1 aromatic rings. The Morgan fingerprint density at radius 3 is 2.64 bits per heavy atom. The maximum Gasteiger partial charge on any atom is 0.319 e. The molecule has 1 aliphatic rings. The average molecular weight is 347 g/mol. The summed E-state index contributed by atoms with van der Waals surface area (Å²) in [6.07, 6.45) is 2.39. The lowest BCUT2D eigenvalue weighted by Gasteiger charge is -2.15. The lowest BCUT2D eigenvalue weighted by Crippen LogP contribution is -2.36. The van der Waals surface area contributed by atoms with Crippen molar-refractivity contribution in [2.75, 3.05) is 31.5 Å². The Morgan fingerprint density at radius 2 is 2.00 bits per heavy atom. The fraction of sp³-hybridized carbons (Fsp3) is 0.462. The van der Waals surface area contributed by atoms with Gasteiger partial charge in [-0.15, -0.1) is 0 Å². The van der Waals surface area contributed by atoms with E-state index in [-0.39, 0.29) is 15.6 Å². The number of nitrogens with one attached hydrogen (secondary N) is 2. The second-order valence-corrected chi connectivity index (χ2v) is 7.08. The first-order valence-electron chi connectivity index (χ1n) is 6.96. The molecule has 0 saturated carbocycles. The molecule has 0 unspecified atom stereocenters. The highest BCUT2D eigenvalue weighted by atomic mass is 35.5. The molecule has 0 atom stereocenters. The largest absolute Gasteiger partial charge is 0.337 e. The van der Waals surface area contributed by atoms with E-state index in [0.717, 1.165) is 19.6 Å². The zero-order valence-corrected chi connectivity index (χ0v) is 13.6. The standard InChI is InChI=1S/C13H19ClN4O3S/c14-11-4-3-10(22(15,20)21)9-12(11)17-13(19)16-5-8-18-6-1-2-7-18/h3-4,9H,1-2,5-8H2,(H2,15,20,21)(H2,16,17,19). The molecule has 1 aliphatic heterocycles. The predicted octanol–water partition coefficient (Wildman–Crippen LogP) is 1.20. The van der Waals surface area contributed by atoms with Crippen molar-refractivity contribution >= 4 is 33.3 Å². The van der Waals surface area contributed by atoms with Crippen molar-refractivity contribution in [3.8, 4) is 0 Å². The molecule has 7 nitrogen and oxygen atoms in total. The van der Waals surface area contributed by atoms with E-state index in [1.54, 1.807) is 0 Å². The smallest absolute Gasteiger partial charge is 0.319 e.